The fourth-order valence-corrected chi connectivity index (χ4v) is 1.52. The van der Waals surface area contributed by atoms with Crippen LogP contribution >= 0.6 is 12.2 Å². The van der Waals surface area contributed by atoms with E-state index in [0.29, 0.717) is 11.3 Å². The lowest BCUT2D eigenvalue weighted by Crippen LogP contribution is -2.24. The van der Waals surface area contributed by atoms with Crippen molar-refractivity contribution in [2.45, 2.75) is 13.8 Å². The van der Waals surface area contributed by atoms with Crippen molar-refractivity contribution in [3.05, 3.63) is 22.5 Å². The van der Waals surface area contributed by atoms with Gasteiger partial charge in [0, 0.05) is 5.69 Å². The molecular formula is C10H14N4O2S. The molecule has 7 heteroatoms. The molecule has 0 saturated heterocycles. The summed E-state index contributed by atoms with van der Waals surface area (Å²) >= 11 is 4.60. The fourth-order valence-electron chi connectivity index (χ4n) is 1.47. The van der Waals surface area contributed by atoms with Gasteiger partial charge in [-0.3, -0.25) is 5.43 Å². The largest absolute Gasteiger partial charge is 0.465 e. The minimum absolute atomic E-state index is 0.0790. The lowest BCUT2D eigenvalue weighted by Gasteiger charge is -1.98. The first-order valence-electron chi connectivity index (χ1n) is 4.83. The van der Waals surface area contributed by atoms with Gasteiger partial charge in [0.05, 0.1) is 24.6 Å². The number of rotatable bonds is 3. The summed E-state index contributed by atoms with van der Waals surface area (Å²) in [5.41, 5.74) is 10.4. The Morgan fingerprint density at radius 3 is 2.76 bits per heavy atom. The fraction of sp³-hybridized carbons (Fsp3) is 0.300. The lowest BCUT2D eigenvalue weighted by molar-refractivity contribution is 0.0599. The summed E-state index contributed by atoms with van der Waals surface area (Å²) in [7, 11) is 1.34. The Kier molecular flexibility index (Phi) is 4.22. The predicted molar refractivity (Wildman–Crippen MR) is 69.1 cm³/mol. The summed E-state index contributed by atoms with van der Waals surface area (Å²) in [5.74, 6) is -0.377. The van der Waals surface area contributed by atoms with E-state index in [9.17, 15) is 4.79 Å². The molecular weight excluding hydrogens is 240 g/mol. The van der Waals surface area contributed by atoms with Gasteiger partial charge in [-0.05, 0) is 31.6 Å². The highest BCUT2D eigenvalue weighted by atomic mass is 32.1. The van der Waals surface area contributed by atoms with Crippen LogP contribution in [0.2, 0.25) is 0 Å². The van der Waals surface area contributed by atoms with E-state index >= 15 is 0 Å². The van der Waals surface area contributed by atoms with Crippen molar-refractivity contribution in [3.8, 4) is 0 Å². The number of aromatic nitrogens is 1. The van der Waals surface area contributed by atoms with E-state index in [-0.39, 0.29) is 11.1 Å². The second kappa shape index (κ2) is 5.44. The molecule has 0 aliphatic heterocycles. The minimum atomic E-state index is -0.377. The molecule has 0 aromatic carbocycles. The number of thiocarbonyl (C=S) groups is 1. The van der Waals surface area contributed by atoms with Crippen molar-refractivity contribution in [2.24, 2.45) is 10.8 Å². The highest BCUT2D eigenvalue weighted by molar-refractivity contribution is 7.80. The molecule has 1 aromatic heterocycles. The Balaban J connectivity index is 3.00. The van der Waals surface area contributed by atoms with Crippen LogP contribution in [0.4, 0.5) is 0 Å². The molecule has 0 saturated carbocycles. The van der Waals surface area contributed by atoms with Gasteiger partial charge in [-0.25, -0.2) is 4.79 Å². The number of aryl methyl sites for hydroxylation is 1. The number of carbonyl (C=O) groups is 1. The van der Waals surface area contributed by atoms with Gasteiger partial charge in [0.25, 0.3) is 0 Å². The number of nitrogens with two attached hydrogens (primary N) is 1. The first kappa shape index (κ1) is 13.2. The molecule has 0 radical (unpaired) electrons. The molecule has 0 aliphatic rings. The number of hydrogen-bond acceptors (Lipinski definition) is 4. The normalized spacial score (nSPS) is 10.5. The van der Waals surface area contributed by atoms with E-state index in [4.69, 9.17) is 10.5 Å². The quantitative estimate of drug-likeness (QED) is 0.318. The maximum Gasteiger partial charge on any atom is 0.339 e. The van der Waals surface area contributed by atoms with E-state index in [1.165, 1.54) is 13.3 Å². The van der Waals surface area contributed by atoms with Gasteiger partial charge in [-0.15, -0.1) is 0 Å². The molecule has 17 heavy (non-hydrogen) atoms. The van der Waals surface area contributed by atoms with Crippen LogP contribution in [-0.4, -0.2) is 29.4 Å². The molecule has 1 rings (SSSR count). The minimum Gasteiger partial charge on any atom is -0.465 e. The maximum atomic E-state index is 11.5. The Morgan fingerprint density at radius 2 is 2.24 bits per heavy atom. The van der Waals surface area contributed by atoms with Crippen molar-refractivity contribution in [3.63, 3.8) is 0 Å². The van der Waals surface area contributed by atoms with E-state index in [1.54, 1.807) is 13.8 Å². The van der Waals surface area contributed by atoms with Crippen molar-refractivity contribution in [1.82, 2.24) is 10.4 Å². The summed E-state index contributed by atoms with van der Waals surface area (Å²) in [6, 6.07) is 0. The number of hydrazone groups is 1. The molecule has 0 amide bonds. The number of nitrogens with one attached hydrogen (secondary N) is 2. The third-order valence-electron chi connectivity index (χ3n) is 2.23. The summed E-state index contributed by atoms with van der Waals surface area (Å²) in [5, 5.41) is 3.90. The average Bonchev–Trinajstić information content (AvgIpc) is 2.53. The van der Waals surface area contributed by atoms with E-state index in [0.717, 1.165) is 11.3 Å². The molecule has 1 heterocycles. The molecule has 92 valence electrons. The molecule has 0 atom stereocenters. The molecule has 6 nitrogen and oxygen atoms in total. The van der Waals surface area contributed by atoms with Crippen molar-refractivity contribution in [1.29, 1.82) is 0 Å². The Bertz CT molecular complexity index is 479. The number of methoxy groups -OCH3 is 1. The van der Waals surface area contributed by atoms with E-state index < -0.39 is 0 Å². The third kappa shape index (κ3) is 3.04. The van der Waals surface area contributed by atoms with Crippen LogP contribution in [-0.2, 0) is 4.74 Å². The monoisotopic (exact) mass is 254 g/mol. The van der Waals surface area contributed by atoms with Crippen molar-refractivity contribution >= 4 is 29.5 Å². The smallest absolute Gasteiger partial charge is 0.339 e. The molecule has 1 aromatic rings. The van der Waals surface area contributed by atoms with Gasteiger partial charge in [-0.1, -0.05) is 0 Å². The van der Waals surface area contributed by atoms with Gasteiger partial charge < -0.3 is 15.5 Å². The van der Waals surface area contributed by atoms with Crippen LogP contribution in [0, 0.1) is 13.8 Å². The highest BCUT2D eigenvalue weighted by Crippen LogP contribution is 2.17. The Labute approximate surface area is 104 Å². The van der Waals surface area contributed by atoms with Gasteiger partial charge in [0.1, 0.15) is 0 Å². The first-order valence-corrected chi connectivity index (χ1v) is 5.24. The third-order valence-corrected chi connectivity index (χ3v) is 2.33. The van der Waals surface area contributed by atoms with Crippen LogP contribution in [0.15, 0.2) is 5.10 Å². The zero-order valence-electron chi connectivity index (χ0n) is 9.83. The number of aromatic amines is 1. The van der Waals surface area contributed by atoms with Gasteiger partial charge in [0.15, 0.2) is 5.11 Å². The SMILES string of the molecule is COC(=O)c1c(C)[nH]c(/C=N/NC(N)=S)c1C. The molecule has 0 unspecified atom stereocenters. The van der Waals surface area contributed by atoms with Crippen LogP contribution < -0.4 is 11.2 Å². The second-order valence-electron chi connectivity index (χ2n) is 3.39. The highest BCUT2D eigenvalue weighted by Gasteiger charge is 2.17. The number of hydrogen-bond donors (Lipinski definition) is 3. The van der Waals surface area contributed by atoms with Crippen LogP contribution in [0.1, 0.15) is 27.3 Å². The van der Waals surface area contributed by atoms with Crippen LogP contribution in [0.3, 0.4) is 0 Å². The molecule has 0 bridgehead atoms. The Hall–Kier alpha value is -1.89. The lowest BCUT2D eigenvalue weighted by atomic mass is 10.1. The van der Waals surface area contributed by atoms with Gasteiger partial charge in [-0.2, -0.15) is 5.10 Å². The second-order valence-corrected chi connectivity index (χ2v) is 3.83. The predicted octanol–water partition coefficient (Wildman–Crippen LogP) is 0.585. The molecule has 4 N–H and O–H groups in total. The standard InChI is InChI=1S/C10H14N4O2S/c1-5-7(4-12-14-10(11)17)13-6(2)8(5)9(15)16-3/h4,13H,1-3H3,(H3,11,14,17)/b12-4+. The van der Waals surface area contributed by atoms with E-state index in [1.807, 2.05) is 0 Å². The number of esters is 1. The number of ether oxygens (including phenoxy) is 1. The average molecular weight is 254 g/mol. The van der Waals surface area contributed by atoms with Crippen LogP contribution in [0.25, 0.3) is 0 Å². The van der Waals surface area contributed by atoms with E-state index in [2.05, 4.69) is 27.7 Å². The number of nitrogens with zero attached hydrogens (tertiary/aromatic N) is 1. The summed E-state index contributed by atoms with van der Waals surface area (Å²) in [6.45, 7) is 3.59. The first-order chi connectivity index (χ1) is 7.97. The van der Waals surface area contributed by atoms with Gasteiger partial charge in [0.2, 0.25) is 0 Å². The summed E-state index contributed by atoms with van der Waals surface area (Å²) < 4.78 is 4.69. The zero-order chi connectivity index (χ0) is 13.0. The topological polar surface area (TPSA) is 92.5 Å². The zero-order valence-corrected chi connectivity index (χ0v) is 10.6. The molecule has 0 fully saturated rings. The number of carbonyl (C=O) groups excluding carboxylic acids is 1. The Morgan fingerprint density at radius 1 is 1.59 bits per heavy atom. The maximum absolute atomic E-state index is 11.5. The number of H-pyrrole nitrogens is 1. The van der Waals surface area contributed by atoms with Crippen molar-refractivity contribution < 1.29 is 9.53 Å². The van der Waals surface area contributed by atoms with Gasteiger partial charge >= 0.3 is 5.97 Å². The molecule has 0 aliphatic carbocycles. The van der Waals surface area contributed by atoms with Crippen molar-refractivity contribution in [2.75, 3.05) is 7.11 Å². The summed E-state index contributed by atoms with van der Waals surface area (Å²) in [4.78, 5) is 14.5. The summed E-state index contributed by atoms with van der Waals surface area (Å²) in [6.07, 6.45) is 1.51. The van der Waals surface area contributed by atoms with Crippen LogP contribution in [0.5, 0.6) is 0 Å². The molecule has 0 spiro atoms.